The summed E-state index contributed by atoms with van der Waals surface area (Å²) in [5.41, 5.74) is 0.721. The summed E-state index contributed by atoms with van der Waals surface area (Å²) in [7, 11) is 1.66. The number of benzene rings is 1. The molecule has 0 aliphatic heterocycles. The number of nitrogens with one attached hydrogen (secondary N) is 2. The van der Waals surface area contributed by atoms with Crippen LogP contribution in [0.5, 0.6) is 5.75 Å². The fraction of sp³-hybridized carbons (Fsp3) is 0.214. The van der Waals surface area contributed by atoms with Gasteiger partial charge in [0.25, 0.3) is 0 Å². The van der Waals surface area contributed by atoms with Gasteiger partial charge in [0, 0.05) is 6.54 Å². The predicted octanol–water partition coefficient (Wildman–Crippen LogP) is 2.94. The van der Waals surface area contributed by atoms with Crippen LogP contribution in [-0.4, -0.2) is 33.8 Å². The zero-order valence-corrected chi connectivity index (χ0v) is 12.6. The van der Waals surface area contributed by atoms with E-state index in [9.17, 15) is 0 Å². The first-order valence-electron chi connectivity index (χ1n) is 6.57. The third-order valence-corrected chi connectivity index (χ3v) is 3.95. The van der Waals surface area contributed by atoms with E-state index in [-0.39, 0.29) is 0 Å². The highest BCUT2D eigenvalue weighted by Crippen LogP contribution is 2.36. The van der Waals surface area contributed by atoms with E-state index >= 15 is 0 Å². The molecule has 7 heteroatoms. The zero-order chi connectivity index (χ0) is 14.7. The Morgan fingerprint density at radius 1 is 1.29 bits per heavy atom. The second kappa shape index (κ2) is 6.01. The van der Waals surface area contributed by atoms with E-state index in [2.05, 4.69) is 25.5 Å². The first kappa shape index (κ1) is 13.7. The van der Waals surface area contributed by atoms with Crippen LogP contribution in [0.2, 0.25) is 0 Å². The Kier molecular flexibility index (Phi) is 3.92. The number of nitrogens with zero attached hydrogens (tertiary/aromatic N) is 3. The normalized spacial score (nSPS) is 10.8. The summed E-state index contributed by atoms with van der Waals surface area (Å²) in [6.45, 7) is 2.77. The van der Waals surface area contributed by atoms with Gasteiger partial charge in [-0.05, 0) is 19.1 Å². The van der Waals surface area contributed by atoms with Crippen molar-refractivity contribution >= 4 is 28.7 Å². The topological polar surface area (TPSA) is 75.7 Å². The minimum atomic E-state index is 0.589. The van der Waals surface area contributed by atoms with Crippen LogP contribution in [0.25, 0.3) is 11.0 Å². The van der Waals surface area contributed by atoms with E-state index in [0.29, 0.717) is 5.95 Å². The first-order valence-corrected chi connectivity index (χ1v) is 7.39. The SMILES string of the molecule is CCNc1nc(Sc2ccccc2OC)c2cn[nH]c2n1. The van der Waals surface area contributed by atoms with Crippen LogP contribution in [-0.2, 0) is 0 Å². The third kappa shape index (κ3) is 2.78. The minimum Gasteiger partial charge on any atom is -0.496 e. The molecular weight excluding hydrogens is 286 g/mol. The maximum atomic E-state index is 5.39. The number of para-hydroxylation sites is 1. The number of anilines is 1. The minimum absolute atomic E-state index is 0.589. The Bertz CT molecular complexity index is 758. The Morgan fingerprint density at radius 3 is 2.95 bits per heavy atom. The van der Waals surface area contributed by atoms with Gasteiger partial charge in [-0.3, -0.25) is 5.10 Å². The lowest BCUT2D eigenvalue weighted by atomic mass is 10.3. The maximum Gasteiger partial charge on any atom is 0.225 e. The number of hydrogen-bond acceptors (Lipinski definition) is 6. The van der Waals surface area contributed by atoms with Crippen LogP contribution in [0.3, 0.4) is 0 Å². The number of ether oxygens (including phenoxy) is 1. The summed E-state index contributed by atoms with van der Waals surface area (Å²) in [6, 6.07) is 7.86. The van der Waals surface area contributed by atoms with Crippen LogP contribution in [0, 0.1) is 0 Å². The molecular formula is C14H15N5OS. The number of H-pyrrole nitrogens is 1. The molecule has 0 spiro atoms. The standard InChI is InChI=1S/C14H15N5OS/c1-3-15-14-17-12-9(8-16-19-12)13(18-14)21-11-7-5-4-6-10(11)20-2/h4-8H,3H2,1-2H3,(H2,15,16,17,18,19). The Balaban J connectivity index is 2.04. The first-order chi connectivity index (χ1) is 10.3. The van der Waals surface area contributed by atoms with Crippen molar-refractivity contribution in [1.82, 2.24) is 20.2 Å². The van der Waals surface area contributed by atoms with Gasteiger partial charge in [-0.2, -0.15) is 10.1 Å². The van der Waals surface area contributed by atoms with Gasteiger partial charge in [0.1, 0.15) is 10.8 Å². The molecule has 0 saturated carbocycles. The predicted molar refractivity (Wildman–Crippen MR) is 83.0 cm³/mol. The smallest absolute Gasteiger partial charge is 0.225 e. The van der Waals surface area contributed by atoms with Crippen molar-refractivity contribution in [3.63, 3.8) is 0 Å². The molecule has 3 rings (SSSR count). The van der Waals surface area contributed by atoms with Gasteiger partial charge in [0.2, 0.25) is 5.95 Å². The van der Waals surface area contributed by atoms with Crippen LogP contribution in [0.1, 0.15) is 6.92 Å². The number of fused-ring (bicyclic) bond motifs is 1. The van der Waals surface area contributed by atoms with Gasteiger partial charge in [0.15, 0.2) is 5.65 Å². The molecule has 108 valence electrons. The fourth-order valence-corrected chi connectivity index (χ4v) is 2.93. The lowest BCUT2D eigenvalue weighted by molar-refractivity contribution is 0.405. The fourth-order valence-electron chi connectivity index (χ4n) is 1.93. The zero-order valence-electron chi connectivity index (χ0n) is 11.8. The summed E-state index contributed by atoms with van der Waals surface area (Å²) in [6.07, 6.45) is 1.74. The van der Waals surface area contributed by atoms with Crippen LogP contribution >= 0.6 is 11.8 Å². The van der Waals surface area contributed by atoms with Crippen molar-refractivity contribution in [3.05, 3.63) is 30.5 Å². The van der Waals surface area contributed by atoms with Crippen molar-refractivity contribution in [3.8, 4) is 5.75 Å². The molecule has 0 fully saturated rings. The number of hydrogen-bond donors (Lipinski definition) is 2. The average molecular weight is 301 g/mol. The number of rotatable bonds is 5. The second-order valence-corrected chi connectivity index (χ2v) is 5.30. The second-order valence-electron chi connectivity index (χ2n) is 4.27. The largest absolute Gasteiger partial charge is 0.496 e. The molecule has 3 aromatic rings. The quantitative estimate of drug-likeness (QED) is 0.706. The Labute approximate surface area is 126 Å². The van der Waals surface area contributed by atoms with Gasteiger partial charge in [0.05, 0.1) is 23.6 Å². The molecule has 6 nitrogen and oxygen atoms in total. The Hall–Kier alpha value is -2.28. The molecule has 2 N–H and O–H groups in total. The highest BCUT2D eigenvalue weighted by Gasteiger charge is 2.12. The molecule has 0 saturated heterocycles. The molecule has 0 unspecified atom stereocenters. The Morgan fingerprint density at radius 2 is 2.14 bits per heavy atom. The molecule has 2 aromatic heterocycles. The summed E-state index contributed by atoms with van der Waals surface area (Å²) in [4.78, 5) is 9.95. The van der Waals surface area contributed by atoms with Crippen molar-refractivity contribution in [1.29, 1.82) is 0 Å². The average Bonchev–Trinajstić information content (AvgIpc) is 2.97. The lowest BCUT2D eigenvalue weighted by Crippen LogP contribution is -2.03. The molecule has 0 amide bonds. The monoisotopic (exact) mass is 301 g/mol. The molecule has 21 heavy (non-hydrogen) atoms. The van der Waals surface area contributed by atoms with E-state index in [4.69, 9.17) is 4.74 Å². The van der Waals surface area contributed by atoms with E-state index in [0.717, 1.165) is 33.2 Å². The summed E-state index contributed by atoms with van der Waals surface area (Å²) < 4.78 is 5.39. The molecule has 0 bridgehead atoms. The number of aromatic nitrogens is 4. The van der Waals surface area contributed by atoms with Crippen molar-refractivity contribution in [2.45, 2.75) is 16.8 Å². The van der Waals surface area contributed by atoms with E-state index in [1.807, 2.05) is 31.2 Å². The lowest BCUT2D eigenvalue weighted by Gasteiger charge is -2.09. The molecule has 1 aromatic carbocycles. The van der Waals surface area contributed by atoms with Crippen LogP contribution < -0.4 is 10.1 Å². The van der Waals surface area contributed by atoms with Crippen molar-refractivity contribution in [2.24, 2.45) is 0 Å². The van der Waals surface area contributed by atoms with Crippen molar-refractivity contribution < 1.29 is 4.74 Å². The number of methoxy groups -OCH3 is 1. The van der Waals surface area contributed by atoms with E-state index < -0.39 is 0 Å². The summed E-state index contributed by atoms with van der Waals surface area (Å²) in [5.74, 6) is 1.41. The highest BCUT2D eigenvalue weighted by molar-refractivity contribution is 7.99. The van der Waals surface area contributed by atoms with Gasteiger partial charge >= 0.3 is 0 Å². The molecule has 0 aliphatic carbocycles. The van der Waals surface area contributed by atoms with E-state index in [1.54, 1.807) is 13.3 Å². The molecule has 0 atom stereocenters. The van der Waals surface area contributed by atoms with Gasteiger partial charge < -0.3 is 10.1 Å². The summed E-state index contributed by atoms with van der Waals surface area (Å²) >= 11 is 1.54. The van der Waals surface area contributed by atoms with Crippen molar-refractivity contribution in [2.75, 3.05) is 19.0 Å². The van der Waals surface area contributed by atoms with Crippen LogP contribution in [0.15, 0.2) is 40.4 Å². The van der Waals surface area contributed by atoms with E-state index in [1.165, 1.54) is 11.8 Å². The van der Waals surface area contributed by atoms with Crippen LogP contribution in [0.4, 0.5) is 5.95 Å². The maximum absolute atomic E-state index is 5.39. The molecule has 2 heterocycles. The third-order valence-electron chi connectivity index (χ3n) is 2.89. The summed E-state index contributed by atoms with van der Waals surface area (Å²) in [5, 5.41) is 11.8. The highest BCUT2D eigenvalue weighted by atomic mass is 32.2. The number of aromatic amines is 1. The van der Waals surface area contributed by atoms with Gasteiger partial charge in [-0.1, -0.05) is 23.9 Å². The van der Waals surface area contributed by atoms with Gasteiger partial charge in [-0.15, -0.1) is 0 Å². The molecule has 0 aliphatic rings. The van der Waals surface area contributed by atoms with Gasteiger partial charge in [-0.25, -0.2) is 4.98 Å². The molecule has 0 radical (unpaired) electrons.